The van der Waals surface area contributed by atoms with Crippen molar-refractivity contribution in [3.63, 3.8) is 0 Å². The highest BCUT2D eigenvalue weighted by Gasteiger charge is 2.21. The van der Waals surface area contributed by atoms with E-state index in [1.54, 1.807) is 31.4 Å². The lowest BCUT2D eigenvalue weighted by molar-refractivity contribution is 0.103. The Bertz CT molecular complexity index is 709. The molecule has 0 fully saturated rings. The number of nitrogens with two attached hydrogens (primary N) is 1. The standard InChI is InChI=1S/C17H17NO3/c1-10-7-13-8-11(3-5-15(13)21-10)17(19)12-4-6-16(20-2)14(18)9-12/h3-6,8-10H,7,18H2,1-2H3. The Morgan fingerprint density at radius 2 is 1.95 bits per heavy atom. The summed E-state index contributed by atoms with van der Waals surface area (Å²) in [5.41, 5.74) is 8.60. The molecule has 0 aliphatic carbocycles. The van der Waals surface area contributed by atoms with E-state index in [1.165, 1.54) is 0 Å². The summed E-state index contributed by atoms with van der Waals surface area (Å²) in [7, 11) is 1.55. The van der Waals surface area contributed by atoms with Gasteiger partial charge in [-0.2, -0.15) is 0 Å². The molecule has 2 N–H and O–H groups in total. The fourth-order valence-corrected chi connectivity index (χ4v) is 2.61. The molecular formula is C17H17NO3. The van der Waals surface area contributed by atoms with Gasteiger partial charge >= 0.3 is 0 Å². The fourth-order valence-electron chi connectivity index (χ4n) is 2.61. The van der Waals surface area contributed by atoms with Crippen LogP contribution in [0.3, 0.4) is 0 Å². The van der Waals surface area contributed by atoms with E-state index in [9.17, 15) is 4.79 Å². The normalized spacial score (nSPS) is 16.2. The fraction of sp³-hybridized carbons (Fsp3) is 0.235. The number of hydrogen-bond acceptors (Lipinski definition) is 4. The predicted octanol–water partition coefficient (Wildman–Crippen LogP) is 2.83. The summed E-state index contributed by atoms with van der Waals surface area (Å²) in [5, 5.41) is 0. The molecule has 2 aromatic rings. The number of nitrogen functional groups attached to an aromatic ring is 1. The quantitative estimate of drug-likeness (QED) is 0.695. The Balaban J connectivity index is 1.92. The van der Waals surface area contributed by atoms with Gasteiger partial charge in [0, 0.05) is 17.5 Å². The summed E-state index contributed by atoms with van der Waals surface area (Å²) in [4.78, 5) is 12.5. The Morgan fingerprint density at radius 1 is 1.24 bits per heavy atom. The second kappa shape index (κ2) is 5.13. The van der Waals surface area contributed by atoms with E-state index in [1.807, 2.05) is 19.1 Å². The van der Waals surface area contributed by atoms with Crippen LogP contribution in [0.4, 0.5) is 5.69 Å². The van der Waals surface area contributed by atoms with Crippen molar-refractivity contribution in [1.29, 1.82) is 0 Å². The van der Waals surface area contributed by atoms with Crippen LogP contribution in [0.15, 0.2) is 36.4 Å². The van der Waals surface area contributed by atoms with Crippen LogP contribution in [-0.2, 0) is 6.42 Å². The van der Waals surface area contributed by atoms with Crippen molar-refractivity contribution in [2.75, 3.05) is 12.8 Å². The number of ketones is 1. The van der Waals surface area contributed by atoms with E-state index >= 15 is 0 Å². The largest absolute Gasteiger partial charge is 0.495 e. The Kier molecular flexibility index (Phi) is 3.29. The molecule has 0 radical (unpaired) electrons. The van der Waals surface area contributed by atoms with Gasteiger partial charge in [0.15, 0.2) is 5.78 Å². The molecule has 4 nitrogen and oxygen atoms in total. The van der Waals surface area contributed by atoms with Gasteiger partial charge in [-0.3, -0.25) is 4.79 Å². The summed E-state index contributed by atoms with van der Waals surface area (Å²) in [5.74, 6) is 1.39. The third-order valence-electron chi connectivity index (χ3n) is 3.65. The third kappa shape index (κ3) is 2.44. The summed E-state index contributed by atoms with van der Waals surface area (Å²) >= 11 is 0. The Morgan fingerprint density at radius 3 is 2.67 bits per heavy atom. The van der Waals surface area contributed by atoms with Gasteiger partial charge in [0.25, 0.3) is 0 Å². The average Bonchev–Trinajstić information content (AvgIpc) is 2.85. The molecule has 0 saturated heterocycles. The zero-order chi connectivity index (χ0) is 15.0. The second-order valence-corrected chi connectivity index (χ2v) is 5.24. The number of carbonyl (C=O) groups excluding carboxylic acids is 1. The number of benzene rings is 2. The van der Waals surface area contributed by atoms with Crippen molar-refractivity contribution in [1.82, 2.24) is 0 Å². The molecule has 0 spiro atoms. The van der Waals surface area contributed by atoms with E-state index in [2.05, 4.69) is 0 Å². The SMILES string of the molecule is COc1ccc(C(=O)c2ccc3c(c2)CC(C)O3)cc1N. The first-order valence-corrected chi connectivity index (χ1v) is 6.86. The molecule has 4 heteroatoms. The maximum atomic E-state index is 12.5. The second-order valence-electron chi connectivity index (χ2n) is 5.24. The Labute approximate surface area is 123 Å². The van der Waals surface area contributed by atoms with E-state index in [0.717, 1.165) is 17.7 Å². The van der Waals surface area contributed by atoms with E-state index < -0.39 is 0 Å². The summed E-state index contributed by atoms with van der Waals surface area (Å²) in [6, 6.07) is 10.6. The van der Waals surface area contributed by atoms with Gasteiger partial charge in [-0.25, -0.2) is 0 Å². The zero-order valence-corrected chi connectivity index (χ0v) is 12.1. The highest BCUT2D eigenvalue weighted by Crippen LogP contribution is 2.30. The van der Waals surface area contributed by atoms with Crippen LogP contribution in [0.5, 0.6) is 11.5 Å². The van der Waals surface area contributed by atoms with Crippen molar-refractivity contribution >= 4 is 11.5 Å². The molecule has 21 heavy (non-hydrogen) atoms. The highest BCUT2D eigenvalue weighted by molar-refractivity contribution is 6.09. The molecule has 0 aromatic heterocycles. The van der Waals surface area contributed by atoms with Crippen LogP contribution >= 0.6 is 0 Å². The summed E-state index contributed by atoms with van der Waals surface area (Å²) in [6.45, 7) is 2.02. The molecule has 0 bridgehead atoms. The molecule has 1 unspecified atom stereocenters. The minimum Gasteiger partial charge on any atom is -0.495 e. The topological polar surface area (TPSA) is 61.5 Å². The van der Waals surface area contributed by atoms with E-state index in [0.29, 0.717) is 22.6 Å². The highest BCUT2D eigenvalue weighted by atomic mass is 16.5. The van der Waals surface area contributed by atoms with Crippen molar-refractivity contribution in [3.05, 3.63) is 53.1 Å². The van der Waals surface area contributed by atoms with Gasteiger partial charge < -0.3 is 15.2 Å². The maximum Gasteiger partial charge on any atom is 0.193 e. The molecule has 2 aromatic carbocycles. The molecule has 1 aliphatic rings. The molecule has 0 saturated carbocycles. The molecule has 0 amide bonds. The lowest BCUT2D eigenvalue weighted by Crippen LogP contribution is -2.05. The lowest BCUT2D eigenvalue weighted by Gasteiger charge is -2.07. The molecule has 1 aliphatic heterocycles. The number of methoxy groups -OCH3 is 1. The predicted molar refractivity (Wildman–Crippen MR) is 81.1 cm³/mol. The van der Waals surface area contributed by atoms with Gasteiger partial charge in [0.05, 0.1) is 12.8 Å². The first kappa shape index (κ1) is 13.5. The smallest absolute Gasteiger partial charge is 0.193 e. The monoisotopic (exact) mass is 283 g/mol. The number of ether oxygens (including phenoxy) is 2. The molecule has 1 atom stereocenters. The molecular weight excluding hydrogens is 266 g/mol. The van der Waals surface area contributed by atoms with Gasteiger partial charge in [0.2, 0.25) is 0 Å². The number of rotatable bonds is 3. The minimum absolute atomic E-state index is 0.0493. The van der Waals surface area contributed by atoms with Crippen LogP contribution in [0.1, 0.15) is 28.4 Å². The van der Waals surface area contributed by atoms with Crippen LogP contribution < -0.4 is 15.2 Å². The van der Waals surface area contributed by atoms with Crippen molar-refractivity contribution < 1.29 is 14.3 Å². The van der Waals surface area contributed by atoms with Crippen molar-refractivity contribution in [2.24, 2.45) is 0 Å². The molecule has 3 rings (SSSR count). The van der Waals surface area contributed by atoms with Crippen LogP contribution in [0, 0.1) is 0 Å². The zero-order valence-electron chi connectivity index (χ0n) is 12.1. The van der Waals surface area contributed by atoms with Gasteiger partial charge in [-0.15, -0.1) is 0 Å². The summed E-state index contributed by atoms with van der Waals surface area (Å²) in [6.07, 6.45) is 1.00. The minimum atomic E-state index is -0.0493. The van der Waals surface area contributed by atoms with Crippen LogP contribution in [0.2, 0.25) is 0 Å². The van der Waals surface area contributed by atoms with Gasteiger partial charge in [-0.05, 0) is 48.9 Å². The van der Waals surface area contributed by atoms with E-state index in [4.69, 9.17) is 15.2 Å². The third-order valence-corrected chi connectivity index (χ3v) is 3.65. The molecule has 108 valence electrons. The van der Waals surface area contributed by atoms with Crippen molar-refractivity contribution in [3.8, 4) is 11.5 Å². The van der Waals surface area contributed by atoms with Crippen LogP contribution in [0.25, 0.3) is 0 Å². The number of hydrogen-bond donors (Lipinski definition) is 1. The first-order chi connectivity index (χ1) is 10.1. The van der Waals surface area contributed by atoms with Gasteiger partial charge in [-0.1, -0.05) is 0 Å². The number of anilines is 1. The van der Waals surface area contributed by atoms with Crippen molar-refractivity contribution in [2.45, 2.75) is 19.4 Å². The summed E-state index contributed by atoms with van der Waals surface area (Å²) < 4.78 is 10.8. The lowest BCUT2D eigenvalue weighted by atomic mass is 9.99. The molecule has 1 heterocycles. The average molecular weight is 283 g/mol. The number of carbonyl (C=O) groups is 1. The first-order valence-electron chi connectivity index (χ1n) is 6.86. The van der Waals surface area contributed by atoms with E-state index in [-0.39, 0.29) is 11.9 Å². The Hall–Kier alpha value is -2.49. The number of fused-ring (bicyclic) bond motifs is 1. The van der Waals surface area contributed by atoms with Gasteiger partial charge in [0.1, 0.15) is 17.6 Å². The maximum absolute atomic E-state index is 12.5. The van der Waals surface area contributed by atoms with Crippen LogP contribution in [-0.4, -0.2) is 19.0 Å².